The zero-order valence-corrected chi connectivity index (χ0v) is 28.0. The number of piperidine rings is 1. The molecule has 3 aliphatic rings. The number of hydrogen-bond acceptors (Lipinski definition) is 5. The summed E-state index contributed by atoms with van der Waals surface area (Å²) in [6.07, 6.45) is 8.66. The molecule has 2 aliphatic carbocycles. The summed E-state index contributed by atoms with van der Waals surface area (Å²) in [4.78, 5) is 17.2. The second-order valence-corrected chi connectivity index (χ2v) is 14.6. The number of fused-ring (bicyclic) bond motifs is 1. The first-order valence-electron chi connectivity index (χ1n) is 17.2. The maximum atomic E-state index is 12.0. The SMILES string of the molecule is COC(=O)C1CCC(N(C)C2CCN(c3ccc([C@@H]4c5ccc(OC(C)(C)C)cc5CC[C@@H]4c4ccccc4)cc3)CC2)CC1. The Hall–Kier alpha value is -3.31. The number of ether oxygens (including phenoxy) is 2. The Bertz CT molecular complexity index is 1410. The van der Waals surface area contributed by atoms with E-state index < -0.39 is 0 Å². The van der Waals surface area contributed by atoms with Gasteiger partial charge < -0.3 is 19.3 Å². The average Bonchev–Trinajstić information content (AvgIpc) is 3.07. The maximum absolute atomic E-state index is 12.0. The monoisotopic (exact) mass is 608 g/mol. The van der Waals surface area contributed by atoms with Gasteiger partial charge in [-0.15, -0.1) is 0 Å². The predicted octanol–water partition coefficient (Wildman–Crippen LogP) is 8.36. The number of carbonyl (C=O) groups is 1. The van der Waals surface area contributed by atoms with Gasteiger partial charge in [0.25, 0.3) is 0 Å². The number of esters is 1. The van der Waals surface area contributed by atoms with Crippen molar-refractivity contribution in [1.29, 1.82) is 0 Å². The number of anilines is 1. The first-order chi connectivity index (χ1) is 21.7. The number of aryl methyl sites for hydroxylation is 1. The Morgan fingerprint density at radius 3 is 2.11 bits per heavy atom. The molecule has 0 unspecified atom stereocenters. The van der Waals surface area contributed by atoms with Crippen molar-refractivity contribution in [1.82, 2.24) is 4.90 Å². The van der Waals surface area contributed by atoms with E-state index in [9.17, 15) is 4.79 Å². The molecule has 0 aromatic heterocycles. The fourth-order valence-corrected chi connectivity index (χ4v) is 8.29. The van der Waals surface area contributed by atoms with Gasteiger partial charge in [0, 0.05) is 36.8 Å². The minimum Gasteiger partial charge on any atom is -0.488 e. The number of rotatable bonds is 7. The lowest BCUT2D eigenvalue weighted by Crippen LogP contribution is -2.48. The normalized spacial score (nSPS) is 24.3. The van der Waals surface area contributed by atoms with Gasteiger partial charge in [0.15, 0.2) is 0 Å². The molecule has 3 aromatic carbocycles. The van der Waals surface area contributed by atoms with Crippen molar-refractivity contribution in [2.45, 2.75) is 102 Å². The van der Waals surface area contributed by atoms with Gasteiger partial charge in [0.2, 0.25) is 0 Å². The van der Waals surface area contributed by atoms with Crippen molar-refractivity contribution >= 4 is 11.7 Å². The molecule has 1 saturated heterocycles. The third kappa shape index (κ3) is 7.25. The second-order valence-electron chi connectivity index (χ2n) is 14.6. The summed E-state index contributed by atoms with van der Waals surface area (Å²) >= 11 is 0. The van der Waals surface area contributed by atoms with E-state index in [-0.39, 0.29) is 17.5 Å². The van der Waals surface area contributed by atoms with Gasteiger partial charge >= 0.3 is 5.97 Å². The number of hydrogen-bond donors (Lipinski definition) is 0. The Morgan fingerprint density at radius 2 is 1.47 bits per heavy atom. The lowest BCUT2D eigenvalue weighted by molar-refractivity contribution is -0.147. The van der Waals surface area contributed by atoms with E-state index in [1.165, 1.54) is 47.9 Å². The number of carbonyl (C=O) groups excluding carboxylic acids is 1. The lowest BCUT2D eigenvalue weighted by Gasteiger charge is -2.43. The lowest BCUT2D eigenvalue weighted by atomic mass is 9.69. The quantitative estimate of drug-likeness (QED) is 0.252. The predicted molar refractivity (Wildman–Crippen MR) is 183 cm³/mol. The number of nitrogens with zero attached hydrogens (tertiary/aromatic N) is 2. The van der Waals surface area contributed by atoms with Crippen LogP contribution in [0.15, 0.2) is 72.8 Å². The molecule has 5 nitrogen and oxygen atoms in total. The molecule has 0 amide bonds. The van der Waals surface area contributed by atoms with Crippen molar-refractivity contribution in [3.8, 4) is 5.75 Å². The summed E-state index contributed by atoms with van der Waals surface area (Å²) < 4.78 is 11.2. The van der Waals surface area contributed by atoms with Gasteiger partial charge in [-0.2, -0.15) is 0 Å². The van der Waals surface area contributed by atoms with Crippen LogP contribution in [0.5, 0.6) is 5.75 Å². The Morgan fingerprint density at radius 1 is 0.800 bits per heavy atom. The van der Waals surface area contributed by atoms with E-state index in [1.54, 1.807) is 0 Å². The number of methoxy groups -OCH3 is 1. The molecule has 1 saturated carbocycles. The second kappa shape index (κ2) is 13.6. The molecule has 1 heterocycles. The van der Waals surface area contributed by atoms with Gasteiger partial charge in [-0.05, 0) is 132 Å². The van der Waals surface area contributed by atoms with Crippen molar-refractivity contribution < 1.29 is 14.3 Å². The third-order valence-electron chi connectivity index (χ3n) is 10.7. The first-order valence-corrected chi connectivity index (χ1v) is 17.2. The zero-order valence-electron chi connectivity index (χ0n) is 28.0. The number of benzene rings is 3. The van der Waals surface area contributed by atoms with E-state index in [1.807, 2.05) is 0 Å². The molecule has 45 heavy (non-hydrogen) atoms. The molecule has 0 bridgehead atoms. The van der Waals surface area contributed by atoms with Crippen molar-refractivity contribution in [2.75, 3.05) is 32.1 Å². The molecular formula is C40H52N2O3. The van der Waals surface area contributed by atoms with Crippen LogP contribution in [0, 0.1) is 5.92 Å². The summed E-state index contributed by atoms with van der Waals surface area (Å²) in [5.74, 6) is 1.81. The van der Waals surface area contributed by atoms with Crippen LogP contribution in [0.25, 0.3) is 0 Å². The van der Waals surface area contributed by atoms with Gasteiger partial charge in [0.05, 0.1) is 13.0 Å². The Balaban J connectivity index is 1.14. The fraction of sp³-hybridized carbons (Fsp3) is 0.525. The molecule has 0 N–H and O–H groups in total. The van der Waals surface area contributed by atoms with Gasteiger partial charge in [-0.25, -0.2) is 0 Å². The van der Waals surface area contributed by atoms with Crippen LogP contribution in [0.1, 0.15) is 99.8 Å². The highest BCUT2D eigenvalue weighted by Crippen LogP contribution is 2.47. The van der Waals surface area contributed by atoms with E-state index in [4.69, 9.17) is 9.47 Å². The standard InChI is InChI=1S/C40H52N2O3/c1-40(2,3)45-35-20-22-37-31(27-35)15-21-36(28-9-7-6-8-10-28)38(37)29-11-18-34(19-12-29)42-25-23-33(24-26-42)41(4)32-16-13-30(14-17-32)39(43)44-5/h6-12,18-20,22,27,30,32-33,36,38H,13-17,21,23-26H2,1-5H3/t30?,32?,36-,38+/m1/s1. The minimum atomic E-state index is -0.208. The Kier molecular flexibility index (Phi) is 9.56. The van der Waals surface area contributed by atoms with Crippen molar-refractivity contribution in [2.24, 2.45) is 5.92 Å². The fourth-order valence-electron chi connectivity index (χ4n) is 8.29. The van der Waals surface area contributed by atoms with Crippen molar-refractivity contribution in [3.63, 3.8) is 0 Å². The van der Waals surface area contributed by atoms with E-state index in [2.05, 4.69) is 110 Å². The molecule has 2 atom stereocenters. The van der Waals surface area contributed by atoms with Crippen LogP contribution >= 0.6 is 0 Å². The summed E-state index contributed by atoms with van der Waals surface area (Å²) in [5, 5.41) is 0. The third-order valence-corrected chi connectivity index (χ3v) is 10.7. The average molecular weight is 609 g/mol. The summed E-state index contributed by atoms with van der Waals surface area (Å²) in [7, 11) is 3.82. The summed E-state index contributed by atoms with van der Waals surface area (Å²) in [6, 6.07) is 28.6. The molecular weight excluding hydrogens is 556 g/mol. The summed E-state index contributed by atoms with van der Waals surface area (Å²) in [5.41, 5.74) is 6.81. The smallest absolute Gasteiger partial charge is 0.308 e. The highest BCUT2D eigenvalue weighted by molar-refractivity contribution is 5.72. The topological polar surface area (TPSA) is 42.0 Å². The zero-order chi connectivity index (χ0) is 31.6. The minimum absolute atomic E-state index is 0.0291. The molecule has 6 rings (SSSR count). The molecule has 3 aromatic rings. The van der Waals surface area contributed by atoms with Gasteiger partial charge in [-0.1, -0.05) is 48.5 Å². The van der Waals surface area contributed by atoms with Crippen LogP contribution in [0.2, 0.25) is 0 Å². The van der Waals surface area contributed by atoms with E-state index >= 15 is 0 Å². The molecule has 0 spiro atoms. The highest BCUT2D eigenvalue weighted by atomic mass is 16.5. The van der Waals surface area contributed by atoms with Gasteiger partial charge in [0.1, 0.15) is 11.4 Å². The van der Waals surface area contributed by atoms with Crippen molar-refractivity contribution in [3.05, 3.63) is 95.1 Å². The van der Waals surface area contributed by atoms with Crippen LogP contribution in [0.4, 0.5) is 5.69 Å². The molecule has 5 heteroatoms. The molecule has 0 radical (unpaired) electrons. The summed E-state index contributed by atoms with van der Waals surface area (Å²) in [6.45, 7) is 8.51. The van der Waals surface area contributed by atoms with E-state index in [0.717, 1.165) is 57.4 Å². The van der Waals surface area contributed by atoms with Gasteiger partial charge in [-0.3, -0.25) is 4.79 Å². The largest absolute Gasteiger partial charge is 0.488 e. The van der Waals surface area contributed by atoms with Crippen LogP contribution in [-0.2, 0) is 16.0 Å². The van der Waals surface area contributed by atoms with Crippen LogP contribution in [-0.4, -0.2) is 55.8 Å². The molecule has 1 aliphatic heterocycles. The van der Waals surface area contributed by atoms with Crippen LogP contribution in [0.3, 0.4) is 0 Å². The molecule has 2 fully saturated rings. The first kappa shape index (κ1) is 31.7. The molecule has 240 valence electrons. The highest BCUT2D eigenvalue weighted by Gasteiger charge is 2.34. The van der Waals surface area contributed by atoms with Crippen LogP contribution < -0.4 is 9.64 Å². The maximum Gasteiger partial charge on any atom is 0.308 e. The Labute approximate surface area is 270 Å². The van der Waals surface area contributed by atoms with E-state index in [0.29, 0.717) is 23.9 Å².